The summed E-state index contributed by atoms with van der Waals surface area (Å²) in [5.74, 6) is 0.668. The summed E-state index contributed by atoms with van der Waals surface area (Å²) in [5, 5.41) is 8.84. The van der Waals surface area contributed by atoms with E-state index < -0.39 is 0 Å². The smallest absolute Gasteiger partial charge is 0.124 e. The molecule has 1 N–H and O–H groups in total. The van der Waals surface area contributed by atoms with Gasteiger partial charge in [-0.1, -0.05) is 17.6 Å². The summed E-state index contributed by atoms with van der Waals surface area (Å²) in [6.45, 7) is -0.0474. The van der Waals surface area contributed by atoms with Crippen LogP contribution >= 0.6 is 0 Å². The average Bonchev–Trinajstić information content (AvgIpc) is 2.04. The largest absolute Gasteiger partial charge is 0.496 e. The first kappa shape index (κ1) is 8.14. The molecular weight excluding hydrogens is 139 g/mol. The molecule has 0 heterocycles. The van der Waals surface area contributed by atoms with Crippen LogP contribution in [-0.4, -0.2) is 20.1 Å². The van der Waals surface area contributed by atoms with Gasteiger partial charge in [0.25, 0.3) is 0 Å². The summed E-state index contributed by atoms with van der Waals surface area (Å²) in [4.78, 5) is 0. The molecule has 1 rings (SSSR count). The molecule has 0 atom stereocenters. The first-order valence-corrected chi connectivity index (χ1v) is 3.31. The quantitative estimate of drug-likeness (QED) is 0.597. The highest BCUT2D eigenvalue weighted by Gasteiger charge is 1.99. The van der Waals surface area contributed by atoms with Crippen molar-refractivity contribution in [3.05, 3.63) is 23.8 Å². The Labute approximate surface area is 67.2 Å². The second-order valence-electron chi connectivity index (χ2n) is 2.23. The number of aliphatic hydroxyl groups is 1. The second-order valence-corrected chi connectivity index (χ2v) is 2.23. The van der Waals surface area contributed by atoms with Gasteiger partial charge in [-0.25, -0.2) is 0 Å². The maximum absolute atomic E-state index is 8.84. The normalized spacial score (nSPS) is 9.64. The molecule has 11 heavy (non-hydrogen) atoms. The van der Waals surface area contributed by atoms with Crippen molar-refractivity contribution in [1.29, 1.82) is 0 Å². The van der Waals surface area contributed by atoms with E-state index in [1.807, 2.05) is 0 Å². The first-order chi connectivity index (χ1) is 5.27. The van der Waals surface area contributed by atoms with Crippen LogP contribution in [0.5, 0.6) is 5.75 Å². The van der Waals surface area contributed by atoms with Crippen LogP contribution in [0.3, 0.4) is 0 Å². The van der Waals surface area contributed by atoms with Gasteiger partial charge >= 0.3 is 0 Å². The first-order valence-electron chi connectivity index (χ1n) is 3.31. The SMILES string of the molecule is [B]c1ccc(OC)c(CO)c1. The molecule has 0 bridgehead atoms. The number of benzene rings is 1. The van der Waals surface area contributed by atoms with Crippen molar-refractivity contribution in [2.75, 3.05) is 7.11 Å². The Balaban J connectivity index is 3.06. The van der Waals surface area contributed by atoms with Crippen molar-refractivity contribution < 1.29 is 9.84 Å². The van der Waals surface area contributed by atoms with Gasteiger partial charge in [0.05, 0.1) is 13.7 Å². The van der Waals surface area contributed by atoms with Crippen LogP contribution in [0.1, 0.15) is 5.56 Å². The van der Waals surface area contributed by atoms with E-state index in [-0.39, 0.29) is 6.61 Å². The van der Waals surface area contributed by atoms with Crippen molar-refractivity contribution in [3.63, 3.8) is 0 Å². The summed E-state index contributed by atoms with van der Waals surface area (Å²) < 4.78 is 4.98. The highest BCUT2D eigenvalue weighted by Crippen LogP contribution is 2.15. The van der Waals surface area contributed by atoms with Gasteiger partial charge in [0.15, 0.2) is 0 Å². The Kier molecular flexibility index (Phi) is 2.55. The third-order valence-corrected chi connectivity index (χ3v) is 1.47. The number of aliphatic hydroxyl groups excluding tert-OH is 1. The summed E-state index contributed by atoms with van der Waals surface area (Å²) in [6.07, 6.45) is 0. The van der Waals surface area contributed by atoms with Gasteiger partial charge in [-0.3, -0.25) is 0 Å². The molecule has 0 spiro atoms. The van der Waals surface area contributed by atoms with Crippen LogP contribution < -0.4 is 10.2 Å². The molecule has 0 saturated carbocycles. The molecule has 0 aromatic heterocycles. The van der Waals surface area contributed by atoms with Crippen LogP contribution in [0, 0.1) is 0 Å². The number of rotatable bonds is 2. The van der Waals surface area contributed by atoms with Crippen molar-refractivity contribution in [1.82, 2.24) is 0 Å². The minimum Gasteiger partial charge on any atom is -0.496 e. The van der Waals surface area contributed by atoms with Gasteiger partial charge in [0.2, 0.25) is 0 Å². The average molecular weight is 148 g/mol. The summed E-state index contributed by atoms with van der Waals surface area (Å²) in [6, 6.07) is 5.16. The van der Waals surface area contributed by atoms with Crippen LogP contribution in [0.15, 0.2) is 18.2 Å². The van der Waals surface area contributed by atoms with Crippen molar-refractivity contribution in [3.8, 4) is 5.75 Å². The molecule has 0 unspecified atom stereocenters. The molecule has 0 saturated heterocycles. The summed E-state index contributed by atoms with van der Waals surface area (Å²) >= 11 is 0. The lowest BCUT2D eigenvalue weighted by Gasteiger charge is -2.05. The summed E-state index contributed by atoms with van der Waals surface area (Å²) in [5.41, 5.74) is 1.35. The highest BCUT2D eigenvalue weighted by molar-refractivity contribution is 6.32. The van der Waals surface area contributed by atoms with E-state index in [0.29, 0.717) is 16.8 Å². The molecular formula is C8H9BO2. The molecule has 1 aromatic carbocycles. The molecule has 0 fully saturated rings. The molecule has 2 radical (unpaired) electrons. The second kappa shape index (κ2) is 3.44. The fourth-order valence-corrected chi connectivity index (χ4v) is 0.922. The molecule has 0 aliphatic carbocycles. The van der Waals surface area contributed by atoms with Crippen molar-refractivity contribution in [2.24, 2.45) is 0 Å². The van der Waals surface area contributed by atoms with E-state index in [1.54, 1.807) is 25.3 Å². The molecule has 0 aliphatic heterocycles. The van der Waals surface area contributed by atoms with E-state index in [2.05, 4.69) is 0 Å². The molecule has 3 heteroatoms. The molecule has 0 amide bonds. The standard InChI is InChI=1S/C8H9BO2/c1-11-8-3-2-7(9)4-6(8)5-10/h2-4,10H,5H2,1H3. The Bertz CT molecular complexity index is 248. The predicted molar refractivity (Wildman–Crippen MR) is 44.3 cm³/mol. The third-order valence-electron chi connectivity index (χ3n) is 1.47. The fourth-order valence-electron chi connectivity index (χ4n) is 0.922. The molecule has 0 aliphatic rings. The number of ether oxygens (including phenoxy) is 1. The van der Waals surface area contributed by atoms with Gasteiger partial charge in [-0.2, -0.15) is 0 Å². The highest BCUT2D eigenvalue weighted by atomic mass is 16.5. The molecule has 1 aromatic rings. The lowest BCUT2D eigenvalue weighted by Crippen LogP contribution is -2.04. The zero-order valence-electron chi connectivity index (χ0n) is 6.37. The van der Waals surface area contributed by atoms with E-state index in [1.165, 1.54) is 0 Å². The lowest BCUT2D eigenvalue weighted by atomic mass is 9.94. The van der Waals surface area contributed by atoms with Crippen LogP contribution in [0.25, 0.3) is 0 Å². The van der Waals surface area contributed by atoms with E-state index in [0.717, 1.165) is 0 Å². The number of hydrogen-bond acceptors (Lipinski definition) is 2. The Hall–Kier alpha value is -0.955. The fraction of sp³-hybridized carbons (Fsp3) is 0.250. The minimum atomic E-state index is -0.0474. The zero-order chi connectivity index (χ0) is 8.27. The number of hydrogen-bond donors (Lipinski definition) is 1. The number of methoxy groups -OCH3 is 1. The Morgan fingerprint density at radius 2 is 2.27 bits per heavy atom. The van der Waals surface area contributed by atoms with Crippen LogP contribution in [-0.2, 0) is 6.61 Å². The van der Waals surface area contributed by atoms with Gasteiger partial charge in [0.1, 0.15) is 13.6 Å². The summed E-state index contributed by atoms with van der Waals surface area (Å²) in [7, 11) is 7.05. The van der Waals surface area contributed by atoms with E-state index in [9.17, 15) is 0 Å². The molecule has 2 nitrogen and oxygen atoms in total. The van der Waals surface area contributed by atoms with Gasteiger partial charge in [-0.05, 0) is 6.07 Å². The monoisotopic (exact) mass is 148 g/mol. The van der Waals surface area contributed by atoms with Crippen LogP contribution in [0.4, 0.5) is 0 Å². The van der Waals surface area contributed by atoms with Crippen molar-refractivity contribution >= 4 is 13.3 Å². The maximum Gasteiger partial charge on any atom is 0.124 e. The minimum absolute atomic E-state index is 0.0474. The Morgan fingerprint density at radius 3 is 2.82 bits per heavy atom. The maximum atomic E-state index is 8.84. The van der Waals surface area contributed by atoms with Gasteiger partial charge < -0.3 is 9.84 Å². The van der Waals surface area contributed by atoms with E-state index in [4.69, 9.17) is 17.7 Å². The lowest BCUT2D eigenvalue weighted by molar-refractivity contribution is 0.274. The van der Waals surface area contributed by atoms with Gasteiger partial charge in [0, 0.05) is 5.56 Å². The molecule has 56 valence electrons. The Morgan fingerprint density at radius 1 is 1.55 bits per heavy atom. The van der Waals surface area contributed by atoms with E-state index >= 15 is 0 Å². The van der Waals surface area contributed by atoms with Gasteiger partial charge in [-0.15, -0.1) is 0 Å². The predicted octanol–water partition coefficient (Wildman–Crippen LogP) is -0.0187. The third kappa shape index (κ3) is 1.74. The van der Waals surface area contributed by atoms with Crippen molar-refractivity contribution in [2.45, 2.75) is 6.61 Å². The van der Waals surface area contributed by atoms with Crippen LogP contribution in [0.2, 0.25) is 0 Å². The topological polar surface area (TPSA) is 29.5 Å². The zero-order valence-corrected chi connectivity index (χ0v) is 6.37.